The summed E-state index contributed by atoms with van der Waals surface area (Å²) < 4.78 is 26.9. The Morgan fingerprint density at radius 1 is 1.56 bits per heavy atom. The molecule has 0 radical (unpaired) electrons. The molecule has 100 valence electrons. The highest BCUT2D eigenvalue weighted by Crippen LogP contribution is 2.18. The van der Waals surface area contributed by atoms with Crippen LogP contribution in [0, 0.1) is 0 Å². The number of nitrogens with zero attached hydrogens (tertiary/aromatic N) is 1. The minimum absolute atomic E-state index is 0.260. The van der Waals surface area contributed by atoms with Crippen LogP contribution in [0.5, 0.6) is 0 Å². The molecule has 0 bridgehead atoms. The molecular weight excluding hydrogens is 250 g/mol. The van der Waals surface area contributed by atoms with Gasteiger partial charge >= 0.3 is 0 Å². The van der Waals surface area contributed by atoms with Crippen molar-refractivity contribution in [2.24, 2.45) is 0 Å². The van der Waals surface area contributed by atoms with Gasteiger partial charge in [0.1, 0.15) is 5.25 Å². The van der Waals surface area contributed by atoms with E-state index >= 15 is 0 Å². The molecule has 1 aliphatic heterocycles. The van der Waals surface area contributed by atoms with Gasteiger partial charge in [0.15, 0.2) is 0 Å². The first kappa shape index (κ1) is 13.5. The smallest absolute Gasteiger partial charge is 0.220 e. The van der Waals surface area contributed by atoms with Gasteiger partial charge in [-0.1, -0.05) is 6.07 Å². The summed E-state index contributed by atoms with van der Waals surface area (Å²) in [6.45, 7) is 3.09. The molecule has 2 atom stereocenters. The van der Waals surface area contributed by atoms with Crippen LogP contribution < -0.4 is 10.0 Å². The average molecular weight is 269 g/mol. The lowest BCUT2D eigenvalue weighted by Gasteiger charge is -2.16. The fourth-order valence-corrected chi connectivity index (χ4v) is 3.19. The van der Waals surface area contributed by atoms with Crippen LogP contribution in [0.25, 0.3) is 0 Å². The number of aromatic nitrogens is 1. The molecule has 2 heterocycles. The predicted octanol–water partition coefficient (Wildman–Crippen LogP) is 0.814. The fraction of sp³-hybridized carbons (Fsp3) is 0.583. The van der Waals surface area contributed by atoms with Crippen LogP contribution in [0.2, 0.25) is 0 Å². The molecule has 0 unspecified atom stereocenters. The first-order chi connectivity index (χ1) is 8.59. The number of hydrogen-bond acceptors (Lipinski definition) is 4. The van der Waals surface area contributed by atoms with Crippen LogP contribution in [0.15, 0.2) is 24.4 Å². The molecule has 1 fully saturated rings. The second-order valence-electron chi connectivity index (χ2n) is 4.58. The fourth-order valence-electron chi connectivity index (χ4n) is 2.05. The number of nitrogens with one attached hydrogen (secondary N) is 2. The number of pyridine rings is 1. The van der Waals surface area contributed by atoms with E-state index in [4.69, 9.17) is 0 Å². The monoisotopic (exact) mass is 269 g/mol. The molecule has 0 amide bonds. The summed E-state index contributed by atoms with van der Waals surface area (Å²) in [5, 5.41) is 2.64. The summed E-state index contributed by atoms with van der Waals surface area (Å²) in [7, 11) is -3.35. The molecule has 1 aliphatic rings. The van der Waals surface area contributed by atoms with Crippen molar-refractivity contribution in [3.05, 3.63) is 30.1 Å². The minimum Gasteiger partial charge on any atom is -0.313 e. The third-order valence-corrected chi connectivity index (χ3v) is 5.00. The molecule has 2 N–H and O–H groups in total. The summed E-state index contributed by atoms with van der Waals surface area (Å²) in [5.41, 5.74) is 0.574. The van der Waals surface area contributed by atoms with Gasteiger partial charge < -0.3 is 5.32 Å². The first-order valence-corrected chi connectivity index (χ1v) is 7.77. The van der Waals surface area contributed by atoms with Crippen molar-refractivity contribution in [3.63, 3.8) is 0 Å². The van der Waals surface area contributed by atoms with Crippen LogP contribution in [-0.4, -0.2) is 32.5 Å². The molecule has 0 aliphatic carbocycles. The molecule has 1 aromatic rings. The second kappa shape index (κ2) is 5.77. The highest BCUT2D eigenvalue weighted by atomic mass is 32.2. The maximum absolute atomic E-state index is 12.1. The van der Waals surface area contributed by atoms with Gasteiger partial charge in [0, 0.05) is 18.8 Å². The summed E-state index contributed by atoms with van der Waals surface area (Å²) in [5.74, 6) is 0. The quantitative estimate of drug-likeness (QED) is 0.830. The highest BCUT2D eigenvalue weighted by molar-refractivity contribution is 7.89. The summed E-state index contributed by atoms with van der Waals surface area (Å²) >= 11 is 0. The first-order valence-electron chi connectivity index (χ1n) is 6.22. The van der Waals surface area contributed by atoms with Crippen LogP contribution in [0.4, 0.5) is 0 Å². The topological polar surface area (TPSA) is 71.1 Å². The van der Waals surface area contributed by atoms with E-state index in [2.05, 4.69) is 15.0 Å². The van der Waals surface area contributed by atoms with E-state index in [0.29, 0.717) is 12.2 Å². The Kier molecular flexibility index (Phi) is 4.31. The van der Waals surface area contributed by atoms with Crippen LogP contribution in [0.3, 0.4) is 0 Å². The van der Waals surface area contributed by atoms with Crippen molar-refractivity contribution >= 4 is 10.0 Å². The molecule has 2 rings (SSSR count). The molecule has 0 spiro atoms. The van der Waals surface area contributed by atoms with Crippen molar-refractivity contribution in [2.75, 3.05) is 13.1 Å². The second-order valence-corrected chi connectivity index (χ2v) is 6.67. The lowest BCUT2D eigenvalue weighted by molar-refractivity contribution is 0.543. The standard InChI is InChI=1S/C12H19N3O2S/c1-10(12-6-2-3-7-14-12)18(16,17)15-9-11-5-4-8-13-11/h2-3,6-7,10-11,13,15H,4-5,8-9H2,1H3/t10-,11+/m1/s1. The van der Waals surface area contributed by atoms with E-state index in [-0.39, 0.29) is 6.04 Å². The zero-order valence-electron chi connectivity index (χ0n) is 10.5. The van der Waals surface area contributed by atoms with Crippen molar-refractivity contribution in [3.8, 4) is 0 Å². The lowest BCUT2D eigenvalue weighted by atomic mass is 10.2. The zero-order valence-corrected chi connectivity index (χ0v) is 11.3. The molecule has 1 aromatic heterocycles. The molecule has 5 nitrogen and oxygen atoms in total. The van der Waals surface area contributed by atoms with E-state index in [1.54, 1.807) is 31.3 Å². The van der Waals surface area contributed by atoms with Crippen molar-refractivity contribution in [1.29, 1.82) is 0 Å². The maximum atomic E-state index is 12.1. The number of hydrogen-bond donors (Lipinski definition) is 2. The average Bonchev–Trinajstić information content (AvgIpc) is 2.90. The Labute approximate surface area is 108 Å². The van der Waals surface area contributed by atoms with Crippen LogP contribution >= 0.6 is 0 Å². The highest BCUT2D eigenvalue weighted by Gasteiger charge is 2.25. The van der Waals surface area contributed by atoms with E-state index in [1.165, 1.54) is 0 Å². The zero-order chi connectivity index (χ0) is 13.0. The van der Waals surface area contributed by atoms with E-state index < -0.39 is 15.3 Å². The van der Waals surface area contributed by atoms with E-state index in [1.807, 2.05) is 0 Å². The SMILES string of the molecule is C[C@H](c1ccccn1)S(=O)(=O)NC[C@@H]1CCCN1. The van der Waals surface area contributed by atoms with E-state index in [9.17, 15) is 8.42 Å². The van der Waals surface area contributed by atoms with Crippen molar-refractivity contribution < 1.29 is 8.42 Å². The molecule has 6 heteroatoms. The summed E-state index contributed by atoms with van der Waals surface area (Å²) in [6, 6.07) is 5.57. The Morgan fingerprint density at radius 3 is 3.00 bits per heavy atom. The van der Waals surface area contributed by atoms with Gasteiger partial charge in [0.2, 0.25) is 10.0 Å². The summed E-state index contributed by atoms with van der Waals surface area (Å²) in [6.07, 6.45) is 3.75. The van der Waals surface area contributed by atoms with Gasteiger partial charge in [-0.3, -0.25) is 4.98 Å². The van der Waals surface area contributed by atoms with Crippen molar-refractivity contribution in [2.45, 2.75) is 31.1 Å². The Balaban J connectivity index is 1.97. The lowest BCUT2D eigenvalue weighted by Crippen LogP contribution is -2.38. The van der Waals surface area contributed by atoms with Crippen LogP contribution in [0.1, 0.15) is 30.7 Å². The largest absolute Gasteiger partial charge is 0.313 e. The van der Waals surface area contributed by atoms with Gasteiger partial charge in [-0.2, -0.15) is 0 Å². The third-order valence-electron chi connectivity index (χ3n) is 3.26. The van der Waals surface area contributed by atoms with Crippen LogP contribution in [-0.2, 0) is 10.0 Å². The van der Waals surface area contributed by atoms with Gasteiger partial charge in [0.05, 0.1) is 5.69 Å². The normalized spacial score (nSPS) is 21.9. The molecular formula is C12H19N3O2S. The molecule has 0 saturated carbocycles. The van der Waals surface area contributed by atoms with E-state index in [0.717, 1.165) is 19.4 Å². The van der Waals surface area contributed by atoms with Crippen molar-refractivity contribution in [1.82, 2.24) is 15.0 Å². The maximum Gasteiger partial charge on any atom is 0.220 e. The molecule has 0 aromatic carbocycles. The third kappa shape index (κ3) is 3.28. The van der Waals surface area contributed by atoms with Gasteiger partial charge in [-0.15, -0.1) is 0 Å². The van der Waals surface area contributed by atoms with Gasteiger partial charge in [-0.25, -0.2) is 13.1 Å². The Hall–Kier alpha value is -0.980. The molecule has 1 saturated heterocycles. The van der Waals surface area contributed by atoms with Gasteiger partial charge in [-0.05, 0) is 38.4 Å². The number of rotatable bonds is 5. The predicted molar refractivity (Wildman–Crippen MR) is 70.6 cm³/mol. The van der Waals surface area contributed by atoms with Gasteiger partial charge in [0.25, 0.3) is 0 Å². The summed E-state index contributed by atoms with van der Waals surface area (Å²) in [4.78, 5) is 4.09. The Morgan fingerprint density at radius 2 is 2.39 bits per heavy atom. The Bertz CT molecular complexity index is 469. The minimum atomic E-state index is -3.35. The number of sulfonamides is 1. The molecule has 18 heavy (non-hydrogen) atoms.